The van der Waals surface area contributed by atoms with Crippen LogP contribution in [0.25, 0.3) is 0 Å². The lowest BCUT2D eigenvalue weighted by Crippen LogP contribution is -2.01. The van der Waals surface area contributed by atoms with Gasteiger partial charge in [0.2, 0.25) is 0 Å². The van der Waals surface area contributed by atoms with Gasteiger partial charge in [-0.25, -0.2) is 4.98 Å². The van der Waals surface area contributed by atoms with Crippen LogP contribution in [0.1, 0.15) is 18.9 Å². The number of halogens is 1. The second-order valence-corrected chi connectivity index (χ2v) is 3.20. The molecule has 0 saturated heterocycles. The van der Waals surface area contributed by atoms with Crippen LogP contribution < -0.4 is 0 Å². The van der Waals surface area contributed by atoms with E-state index in [1.165, 1.54) is 0 Å². The van der Waals surface area contributed by atoms with Crippen molar-refractivity contribution in [2.75, 3.05) is 0 Å². The van der Waals surface area contributed by atoms with Crippen molar-refractivity contribution in [3.63, 3.8) is 0 Å². The van der Waals surface area contributed by atoms with Crippen molar-refractivity contribution < 1.29 is 5.11 Å². The molecule has 1 N–H and O–H groups in total. The molecule has 1 atom stereocenters. The predicted molar refractivity (Wildman–Crippen MR) is 49.2 cm³/mol. The molecule has 12 heavy (non-hydrogen) atoms. The van der Waals surface area contributed by atoms with Crippen molar-refractivity contribution in [3.05, 3.63) is 29.0 Å². The van der Waals surface area contributed by atoms with Crippen LogP contribution in [0, 0.1) is 0 Å². The van der Waals surface area contributed by atoms with Crippen LogP contribution in [0.5, 0.6) is 0 Å². The van der Waals surface area contributed by atoms with E-state index < -0.39 is 0 Å². The molecule has 0 fully saturated rings. The highest BCUT2D eigenvalue weighted by molar-refractivity contribution is 6.30. The van der Waals surface area contributed by atoms with Crippen molar-refractivity contribution in [3.8, 4) is 0 Å². The molecule has 1 unspecified atom stereocenters. The molecule has 0 aromatic carbocycles. The van der Waals surface area contributed by atoms with E-state index in [4.69, 9.17) is 16.7 Å². The fraction of sp³-hybridized carbons (Fsp3) is 0.444. The second-order valence-electron chi connectivity index (χ2n) is 2.84. The molecule has 1 rings (SSSR count). The second kappa shape index (κ2) is 4.43. The summed E-state index contributed by atoms with van der Waals surface area (Å²) in [7, 11) is 0. The molecule has 0 aliphatic heterocycles. The average Bonchev–Trinajstić information content (AvgIpc) is 2.03. The molecular weight excluding hydrogens is 174 g/mol. The minimum absolute atomic E-state index is 0.277. The van der Waals surface area contributed by atoms with E-state index in [-0.39, 0.29) is 6.10 Å². The molecule has 2 nitrogen and oxygen atoms in total. The van der Waals surface area contributed by atoms with Gasteiger partial charge in [0.1, 0.15) is 5.15 Å². The van der Waals surface area contributed by atoms with E-state index >= 15 is 0 Å². The summed E-state index contributed by atoms with van der Waals surface area (Å²) in [6.45, 7) is 1.77. The Kier molecular flexibility index (Phi) is 3.50. The third-order valence-electron chi connectivity index (χ3n) is 1.67. The zero-order valence-electron chi connectivity index (χ0n) is 7.00. The molecule has 1 aromatic heterocycles. The minimum atomic E-state index is -0.277. The Labute approximate surface area is 77.2 Å². The first kappa shape index (κ1) is 9.49. The van der Waals surface area contributed by atoms with Crippen LogP contribution in [-0.4, -0.2) is 16.2 Å². The summed E-state index contributed by atoms with van der Waals surface area (Å²) in [5.74, 6) is 0. The summed E-state index contributed by atoms with van der Waals surface area (Å²) < 4.78 is 0. The molecule has 66 valence electrons. The quantitative estimate of drug-likeness (QED) is 0.732. The lowest BCUT2D eigenvalue weighted by Gasteiger charge is -2.04. The van der Waals surface area contributed by atoms with Crippen molar-refractivity contribution in [2.45, 2.75) is 25.9 Å². The van der Waals surface area contributed by atoms with E-state index in [1.807, 2.05) is 12.1 Å². The number of aryl methyl sites for hydroxylation is 1. The number of aliphatic hydroxyl groups is 1. The van der Waals surface area contributed by atoms with Crippen molar-refractivity contribution in [1.82, 2.24) is 4.98 Å². The van der Waals surface area contributed by atoms with Crippen LogP contribution in [-0.2, 0) is 6.42 Å². The maximum Gasteiger partial charge on any atom is 0.132 e. The Morgan fingerprint density at radius 1 is 1.67 bits per heavy atom. The number of rotatable bonds is 3. The van der Waals surface area contributed by atoms with Crippen LogP contribution in [0.3, 0.4) is 0 Å². The van der Waals surface area contributed by atoms with Gasteiger partial charge in [0.15, 0.2) is 0 Å². The predicted octanol–water partition coefficient (Wildman–Crippen LogP) is 2.05. The highest BCUT2D eigenvalue weighted by Crippen LogP contribution is 2.13. The van der Waals surface area contributed by atoms with Gasteiger partial charge >= 0.3 is 0 Å². The van der Waals surface area contributed by atoms with E-state index in [0.717, 1.165) is 18.4 Å². The monoisotopic (exact) mass is 185 g/mol. The highest BCUT2D eigenvalue weighted by Gasteiger charge is 2.01. The topological polar surface area (TPSA) is 33.1 Å². The summed E-state index contributed by atoms with van der Waals surface area (Å²) in [6, 6.07) is 3.78. The minimum Gasteiger partial charge on any atom is -0.393 e. The SMILES string of the molecule is CC(O)CCc1cccnc1Cl. The first-order chi connectivity index (χ1) is 5.70. The van der Waals surface area contributed by atoms with Gasteiger partial charge in [0, 0.05) is 6.20 Å². The zero-order valence-corrected chi connectivity index (χ0v) is 7.75. The van der Waals surface area contributed by atoms with Gasteiger partial charge in [-0.15, -0.1) is 0 Å². The third kappa shape index (κ3) is 2.80. The number of nitrogens with zero attached hydrogens (tertiary/aromatic N) is 1. The number of aromatic nitrogens is 1. The summed E-state index contributed by atoms with van der Waals surface area (Å²) in [5, 5.41) is 9.58. The van der Waals surface area contributed by atoms with Gasteiger partial charge in [-0.1, -0.05) is 17.7 Å². The molecule has 0 aliphatic rings. The molecule has 0 spiro atoms. The molecular formula is C9H12ClNO. The van der Waals surface area contributed by atoms with Gasteiger partial charge in [0.05, 0.1) is 6.10 Å². The van der Waals surface area contributed by atoms with E-state index in [0.29, 0.717) is 5.15 Å². The molecule has 0 bridgehead atoms. The van der Waals surface area contributed by atoms with Crippen LogP contribution in [0.4, 0.5) is 0 Å². The van der Waals surface area contributed by atoms with Crippen molar-refractivity contribution in [1.29, 1.82) is 0 Å². The lowest BCUT2D eigenvalue weighted by molar-refractivity contribution is 0.185. The van der Waals surface area contributed by atoms with Gasteiger partial charge in [-0.2, -0.15) is 0 Å². The molecule has 0 saturated carbocycles. The van der Waals surface area contributed by atoms with Gasteiger partial charge in [-0.05, 0) is 31.4 Å². The summed E-state index contributed by atoms with van der Waals surface area (Å²) in [5.41, 5.74) is 1.00. The summed E-state index contributed by atoms with van der Waals surface area (Å²) in [4.78, 5) is 3.94. The normalized spacial score (nSPS) is 12.9. The fourth-order valence-electron chi connectivity index (χ4n) is 0.970. The maximum atomic E-state index is 9.04. The average molecular weight is 186 g/mol. The van der Waals surface area contributed by atoms with Gasteiger partial charge in [-0.3, -0.25) is 0 Å². The number of hydrogen-bond acceptors (Lipinski definition) is 2. The largest absolute Gasteiger partial charge is 0.393 e. The molecule has 0 radical (unpaired) electrons. The van der Waals surface area contributed by atoms with E-state index in [9.17, 15) is 0 Å². The Morgan fingerprint density at radius 3 is 3.00 bits per heavy atom. The van der Waals surface area contributed by atoms with Crippen LogP contribution in [0.15, 0.2) is 18.3 Å². The standard InChI is InChI=1S/C9H12ClNO/c1-7(12)4-5-8-3-2-6-11-9(8)10/h2-3,6-7,12H,4-5H2,1H3. The molecule has 0 amide bonds. The first-order valence-electron chi connectivity index (χ1n) is 3.97. The highest BCUT2D eigenvalue weighted by atomic mass is 35.5. The first-order valence-corrected chi connectivity index (χ1v) is 4.35. The Bertz CT molecular complexity index is 250. The number of aliphatic hydroxyl groups excluding tert-OH is 1. The molecule has 0 aliphatic carbocycles. The van der Waals surface area contributed by atoms with Crippen LogP contribution in [0.2, 0.25) is 5.15 Å². The number of hydrogen-bond donors (Lipinski definition) is 1. The zero-order chi connectivity index (χ0) is 8.97. The van der Waals surface area contributed by atoms with Crippen LogP contribution >= 0.6 is 11.6 Å². The third-order valence-corrected chi connectivity index (χ3v) is 2.01. The van der Waals surface area contributed by atoms with Crippen molar-refractivity contribution >= 4 is 11.6 Å². The number of pyridine rings is 1. The molecule has 1 aromatic rings. The Hall–Kier alpha value is -0.600. The van der Waals surface area contributed by atoms with E-state index in [1.54, 1.807) is 13.1 Å². The Balaban J connectivity index is 2.57. The molecule has 3 heteroatoms. The van der Waals surface area contributed by atoms with Gasteiger partial charge < -0.3 is 5.11 Å². The van der Waals surface area contributed by atoms with E-state index in [2.05, 4.69) is 4.98 Å². The summed E-state index contributed by atoms with van der Waals surface area (Å²) >= 11 is 5.81. The maximum absolute atomic E-state index is 9.04. The van der Waals surface area contributed by atoms with Crippen molar-refractivity contribution in [2.24, 2.45) is 0 Å². The fourth-order valence-corrected chi connectivity index (χ4v) is 1.18. The lowest BCUT2D eigenvalue weighted by atomic mass is 10.1. The van der Waals surface area contributed by atoms with Gasteiger partial charge in [0.25, 0.3) is 0 Å². The Morgan fingerprint density at radius 2 is 2.42 bits per heavy atom. The summed E-state index contributed by atoms with van der Waals surface area (Å²) in [6.07, 6.45) is 2.89. The molecule has 1 heterocycles. The smallest absolute Gasteiger partial charge is 0.132 e.